The Morgan fingerprint density at radius 2 is 2.06 bits per heavy atom. The first-order valence-corrected chi connectivity index (χ1v) is 5.79. The van der Waals surface area contributed by atoms with Gasteiger partial charge >= 0.3 is 0 Å². The molecule has 0 bridgehead atoms. The second kappa shape index (κ2) is 4.21. The third kappa shape index (κ3) is 2.47. The minimum absolute atomic E-state index is 0.186. The molecule has 1 aromatic carbocycles. The second-order valence-corrected chi connectivity index (χ2v) is 5.23. The molecule has 0 heterocycles. The van der Waals surface area contributed by atoms with Crippen molar-refractivity contribution in [2.75, 3.05) is 0 Å². The standard InChI is InChI=1S/C14H16N2O/c1-14(2)8-12(14)16-13(17)11(9-15)10-6-4-3-5-7-10/h3-7,11-12H,8H2,1-2H3,(H,16,17). The molecule has 0 aromatic heterocycles. The Hall–Kier alpha value is -1.82. The molecule has 1 aliphatic rings. The van der Waals surface area contributed by atoms with E-state index in [0.717, 1.165) is 12.0 Å². The van der Waals surface area contributed by atoms with Crippen LogP contribution in [0.5, 0.6) is 0 Å². The Balaban J connectivity index is 2.05. The minimum atomic E-state index is -0.701. The highest BCUT2D eigenvalue weighted by molar-refractivity contribution is 5.87. The fraction of sp³-hybridized carbons (Fsp3) is 0.429. The first kappa shape index (κ1) is 11.7. The van der Waals surface area contributed by atoms with Gasteiger partial charge in [0.25, 0.3) is 0 Å². The lowest BCUT2D eigenvalue weighted by Gasteiger charge is -2.11. The van der Waals surface area contributed by atoms with Gasteiger partial charge in [-0.2, -0.15) is 5.26 Å². The van der Waals surface area contributed by atoms with Gasteiger partial charge in [0.1, 0.15) is 5.92 Å². The summed E-state index contributed by atoms with van der Waals surface area (Å²) in [4.78, 5) is 12.0. The van der Waals surface area contributed by atoms with Crippen molar-refractivity contribution in [2.24, 2.45) is 5.41 Å². The summed E-state index contributed by atoms with van der Waals surface area (Å²) in [7, 11) is 0. The molecule has 1 N–H and O–H groups in total. The Labute approximate surface area is 101 Å². The summed E-state index contributed by atoms with van der Waals surface area (Å²) in [5.74, 6) is -0.887. The Morgan fingerprint density at radius 1 is 1.47 bits per heavy atom. The third-order valence-electron chi connectivity index (χ3n) is 3.35. The normalized spacial score (nSPS) is 22.3. The van der Waals surface area contributed by atoms with Crippen molar-refractivity contribution in [3.05, 3.63) is 35.9 Å². The van der Waals surface area contributed by atoms with E-state index >= 15 is 0 Å². The average Bonchev–Trinajstić information content (AvgIpc) is 2.88. The highest BCUT2D eigenvalue weighted by Crippen LogP contribution is 2.44. The van der Waals surface area contributed by atoms with Crippen LogP contribution in [-0.2, 0) is 4.79 Å². The lowest BCUT2D eigenvalue weighted by Crippen LogP contribution is -2.32. The van der Waals surface area contributed by atoms with Gasteiger partial charge in [-0.25, -0.2) is 0 Å². The van der Waals surface area contributed by atoms with Gasteiger partial charge in [-0.15, -0.1) is 0 Å². The monoisotopic (exact) mass is 228 g/mol. The van der Waals surface area contributed by atoms with Crippen molar-refractivity contribution in [1.29, 1.82) is 5.26 Å². The number of carbonyl (C=O) groups is 1. The molecule has 2 atom stereocenters. The maximum Gasteiger partial charge on any atom is 0.242 e. The van der Waals surface area contributed by atoms with Crippen LogP contribution in [0.1, 0.15) is 31.7 Å². The Morgan fingerprint density at radius 3 is 2.53 bits per heavy atom. The largest absolute Gasteiger partial charge is 0.351 e. The third-order valence-corrected chi connectivity index (χ3v) is 3.35. The zero-order valence-corrected chi connectivity index (χ0v) is 10.1. The van der Waals surface area contributed by atoms with Gasteiger partial charge in [-0.1, -0.05) is 44.2 Å². The van der Waals surface area contributed by atoms with Gasteiger partial charge in [-0.05, 0) is 17.4 Å². The predicted molar refractivity (Wildman–Crippen MR) is 65.1 cm³/mol. The van der Waals surface area contributed by atoms with E-state index in [2.05, 4.69) is 25.2 Å². The SMILES string of the molecule is CC1(C)CC1NC(=O)C(C#N)c1ccccc1. The topological polar surface area (TPSA) is 52.9 Å². The van der Waals surface area contributed by atoms with Crippen molar-refractivity contribution in [1.82, 2.24) is 5.32 Å². The first-order chi connectivity index (χ1) is 8.04. The quantitative estimate of drug-likeness (QED) is 0.862. The van der Waals surface area contributed by atoms with Crippen LogP contribution >= 0.6 is 0 Å². The number of nitrogens with one attached hydrogen (secondary N) is 1. The first-order valence-electron chi connectivity index (χ1n) is 5.79. The molecule has 0 saturated heterocycles. The zero-order valence-electron chi connectivity index (χ0n) is 10.1. The molecule has 3 nitrogen and oxygen atoms in total. The van der Waals surface area contributed by atoms with Crippen molar-refractivity contribution >= 4 is 5.91 Å². The number of amides is 1. The fourth-order valence-electron chi connectivity index (χ4n) is 1.90. The lowest BCUT2D eigenvalue weighted by molar-refractivity contribution is -0.121. The number of rotatable bonds is 3. The van der Waals surface area contributed by atoms with Crippen molar-refractivity contribution in [3.8, 4) is 6.07 Å². The van der Waals surface area contributed by atoms with E-state index in [9.17, 15) is 4.79 Å². The van der Waals surface area contributed by atoms with Gasteiger partial charge in [0.2, 0.25) is 5.91 Å². The maximum atomic E-state index is 12.0. The summed E-state index contributed by atoms with van der Waals surface area (Å²) in [5.41, 5.74) is 0.942. The molecule has 17 heavy (non-hydrogen) atoms. The highest BCUT2D eigenvalue weighted by Gasteiger charge is 2.47. The second-order valence-electron chi connectivity index (χ2n) is 5.23. The minimum Gasteiger partial charge on any atom is -0.351 e. The molecule has 88 valence electrons. The molecule has 1 aromatic rings. The van der Waals surface area contributed by atoms with E-state index in [-0.39, 0.29) is 17.4 Å². The summed E-state index contributed by atoms with van der Waals surface area (Å²) in [5, 5.41) is 12.0. The molecule has 1 fully saturated rings. The molecule has 3 heteroatoms. The van der Waals surface area contributed by atoms with Crippen LogP contribution in [0.3, 0.4) is 0 Å². The molecule has 1 aliphatic carbocycles. The maximum absolute atomic E-state index is 12.0. The average molecular weight is 228 g/mol. The molecular weight excluding hydrogens is 212 g/mol. The molecule has 1 saturated carbocycles. The van der Waals surface area contributed by atoms with Gasteiger partial charge < -0.3 is 5.32 Å². The van der Waals surface area contributed by atoms with E-state index in [0.29, 0.717) is 0 Å². The summed E-state index contributed by atoms with van der Waals surface area (Å²) < 4.78 is 0. The number of nitrogens with zero attached hydrogens (tertiary/aromatic N) is 1. The summed E-state index contributed by atoms with van der Waals surface area (Å²) in [6, 6.07) is 11.5. The van der Waals surface area contributed by atoms with E-state index in [4.69, 9.17) is 5.26 Å². The lowest BCUT2D eigenvalue weighted by atomic mass is 10.00. The van der Waals surface area contributed by atoms with Crippen molar-refractivity contribution < 1.29 is 4.79 Å². The van der Waals surface area contributed by atoms with Crippen molar-refractivity contribution in [3.63, 3.8) is 0 Å². The molecular formula is C14H16N2O. The molecule has 0 aliphatic heterocycles. The number of benzene rings is 1. The van der Waals surface area contributed by atoms with Crippen LogP contribution in [0.4, 0.5) is 0 Å². The van der Waals surface area contributed by atoms with E-state index in [1.165, 1.54) is 0 Å². The van der Waals surface area contributed by atoms with E-state index < -0.39 is 5.92 Å². The van der Waals surface area contributed by atoms with Crippen LogP contribution in [-0.4, -0.2) is 11.9 Å². The van der Waals surface area contributed by atoms with Gasteiger partial charge in [0.15, 0.2) is 0 Å². The molecule has 2 rings (SSSR count). The number of hydrogen-bond donors (Lipinski definition) is 1. The van der Waals surface area contributed by atoms with Gasteiger partial charge in [0, 0.05) is 6.04 Å². The Kier molecular flexibility index (Phi) is 2.89. The Bertz CT molecular complexity index is 459. The van der Waals surface area contributed by atoms with Crippen LogP contribution in [0.25, 0.3) is 0 Å². The van der Waals surface area contributed by atoms with E-state index in [1.807, 2.05) is 30.3 Å². The van der Waals surface area contributed by atoms with Crippen molar-refractivity contribution in [2.45, 2.75) is 32.2 Å². The van der Waals surface area contributed by atoms with Crippen LogP contribution in [0, 0.1) is 16.7 Å². The van der Waals surface area contributed by atoms with Crippen LogP contribution in [0.2, 0.25) is 0 Å². The molecule has 0 spiro atoms. The molecule has 2 unspecified atom stereocenters. The highest BCUT2D eigenvalue weighted by atomic mass is 16.2. The van der Waals surface area contributed by atoms with Crippen LogP contribution < -0.4 is 5.32 Å². The summed E-state index contributed by atoms with van der Waals surface area (Å²) >= 11 is 0. The van der Waals surface area contributed by atoms with E-state index in [1.54, 1.807) is 0 Å². The summed E-state index contributed by atoms with van der Waals surface area (Å²) in [6.07, 6.45) is 0.992. The van der Waals surface area contributed by atoms with Gasteiger partial charge in [0.05, 0.1) is 6.07 Å². The fourth-order valence-corrected chi connectivity index (χ4v) is 1.90. The van der Waals surface area contributed by atoms with Crippen LogP contribution in [0.15, 0.2) is 30.3 Å². The number of carbonyl (C=O) groups excluding carboxylic acids is 1. The predicted octanol–water partition coefficient (Wildman–Crippen LogP) is 2.21. The smallest absolute Gasteiger partial charge is 0.242 e. The number of nitriles is 1. The van der Waals surface area contributed by atoms with Gasteiger partial charge in [-0.3, -0.25) is 4.79 Å². The summed E-state index contributed by atoms with van der Waals surface area (Å²) in [6.45, 7) is 4.23. The molecule has 0 radical (unpaired) electrons. The zero-order chi connectivity index (χ0) is 12.5. The molecule has 1 amide bonds. The number of hydrogen-bond acceptors (Lipinski definition) is 2.